The quantitative estimate of drug-likeness (QED) is 0.570. The largest absolute Gasteiger partial charge is 0.497 e. The van der Waals surface area contributed by atoms with Crippen molar-refractivity contribution in [1.82, 2.24) is 0 Å². The third kappa shape index (κ3) is 4.50. The van der Waals surface area contributed by atoms with E-state index in [9.17, 15) is 0 Å². The predicted octanol–water partition coefficient (Wildman–Crippen LogP) is 3.56. The van der Waals surface area contributed by atoms with Gasteiger partial charge in [0.1, 0.15) is 5.75 Å². The standard InChI is InChI=1S/C19H22N2O4/c1-13(15-6-8-16(22-2)9-7-15)21-20-12-14-10-17(23-3)19(25-5)18(11-14)24-4/h6-12H,1-5H3/b20-12-,21-13-. The minimum Gasteiger partial charge on any atom is -0.497 e. The van der Waals surface area contributed by atoms with Crippen molar-refractivity contribution in [2.75, 3.05) is 28.4 Å². The molecule has 0 bridgehead atoms. The summed E-state index contributed by atoms with van der Waals surface area (Å²) in [6, 6.07) is 11.3. The smallest absolute Gasteiger partial charge is 0.203 e. The fourth-order valence-corrected chi connectivity index (χ4v) is 2.25. The predicted molar refractivity (Wildman–Crippen MR) is 98.9 cm³/mol. The maximum Gasteiger partial charge on any atom is 0.203 e. The summed E-state index contributed by atoms with van der Waals surface area (Å²) in [7, 11) is 6.35. The van der Waals surface area contributed by atoms with Gasteiger partial charge in [-0.15, -0.1) is 0 Å². The summed E-state index contributed by atoms with van der Waals surface area (Å²) < 4.78 is 21.1. The number of ether oxygens (including phenoxy) is 4. The van der Waals surface area contributed by atoms with Crippen LogP contribution >= 0.6 is 0 Å². The molecule has 0 saturated heterocycles. The molecule has 6 heteroatoms. The van der Waals surface area contributed by atoms with Gasteiger partial charge in [-0.3, -0.25) is 0 Å². The number of nitrogens with zero attached hydrogens (tertiary/aromatic N) is 2. The van der Waals surface area contributed by atoms with Crippen molar-refractivity contribution in [3.63, 3.8) is 0 Å². The number of rotatable bonds is 7. The Labute approximate surface area is 147 Å². The van der Waals surface area contributed by atoms with E-state index in [0.717, 1.165) is 22.6 Å². The van der Waals surface area contributed by atoms with Crippen LogP contribution in [0.2, 0.25) is 0 Å². The molecule has 0 spiro atoms. The van der Waals surface area contributed by atoms with Gasteiger partial charge in [-0.2, -0.15) is 10.2 Å². The molecule has 0 aliphatic rings. The topological polar surface area (TPSA) is 61.6 Å². The monoisotopic (exact) mass is 342 g/mol. The van der Waals surface area contributed by atoms with Crippen molar-refractivity contribution in [3.8, 4) is 23.0 Å². The van der Waals surface area contributed by atoms with Gasteiger partial charge >= 0.3 is 0 Å². The van der Waals surface area contributed by atoms with Crippen LogP contribution in [-0.2, 0) is 0 Å². The van der Waals surface area contributed by atoms with Crippen LogP contribution < -0.4 is 18.9 Å². The van der Waals surface area contributed by atoms with Gasteiger partial charge in [0.25, 0.3) is 0 Å². The first-order valence-corrected chi connectivity index (χ1v) is 7.65. The first kappa shape index (κ1) is 18.3. The highest BCUT2D eigenvalue weighted by atomic mass is 16.5. The third-order valence-corrected chi connectivity index (χ3v) is 3.61. The van der Waals surface area contributed by atoms with Crippen LogP contribution in [0.1, 0.15) is 18.1 Å². The Bertz CT molecular complexity index is 742. The number of hydrogen-bond acceptors (Lipinski definition) is 6. The summed E-state index contributed by atoms with van der Waals surface area (Å²) in [6.07, 6.45) is 1.64. The summed E-state index contributed by atoms with van der Waals surface area (Å²) in [5.41, 5.74) is 2.56. The van der Waals surface area contributed by atoms with Crippen molar-refractivity contribution >= 4 is 11.9 Å². The van der Waals surface area contributed by atoms with Crippen molar-refractivity contribution in [2.24, 2.45) is 10.2 Å². The van der Waals surface area contributed by atoms with E-state index < -0.39 is 0 Å². The number of methoxy groups -OCH3 is 4. The molecule has 2 aromatic rings. The molecule has 0 unspecified atom stereocenters. The maximum atomic E-state index is 5.32. The van der Waals surface area contributed by atoms with E-state index in [1.807, 2.05) is 43.3 Å². The van der Waals surface area contributed by atoms with Crippen LogP contribution in [0.15, 0.2) is 46.6 Å². The lowest BCUT2D eigenvalue weighted by Crippen LogP contribution is -1.97. The molecule has 0 aliphatic heterocycles. The fraction of sp³-hybridized carbons (Fsp3) is 0.263. The molecule has 0 fully saturated rings. The van der Waals surface area contributed by atoms with Gasteiger partial charge in [0.2, 0.25) is 5.75 Å². The van der Waals surface area contributed by atoms with E-state index >= 15 is 0 Å². The van der Waals surface area contributed by atoms with Crippen molar-refractivity contribution in [2.45, 2.75) is 6.92 Å². The van der Waals surface area contributed by atoms with E-state index in [4.69, 9.17) is 18.9 Å². The molecule has 0 saturated carbocycles. The molecule has 2 aromatic carbocycles. The van der Waals surface area contributed by atoms with Gasteiger partial charge in [-0.1, -0.05) is 0 Å². The summed E-state index contributed by atoms with van der Waals surface area (Å²) >= 11 is 0. The van der Waals surface area contributed by atoms with Gasteiger partial charge in [0.15, 0.2) is 11.5 Å². The van der Waals surface area contributed by atoms with Gasteiger partial charge in [-0.05, 0) is 48.9 Å². The molecule has 0 aromatic heterocycles. The molecule has 0 aliphatic carbocycles. The summed E-state index contributed by atoms with van der Waals surface area (Å²) in [6.45, 7) is 1.90. The summed E-state index contributed by atoms with van der Waals surface area (Å²) in [5.74, 6) is 2.48. The highest BCUT2D eigenvalue weighted by Gasteiger charge is 2.12. The molecule has 0 radical (unpaired) electrons. The fourth-order valence-electron chi connectivity index (χ4n) is 2.25. The Morgan fingerprint density at radius 1 is 0.840 bits per heavy atom. The van der Waals surface area contributed by atoms with Gasteiger partial charge < -0.3 is 18.9 Å². The molecule has 0 N–H and O–H groups in total. The Kier molecular flexibility index (Phi) is 6.39. The molecule has 0 amide bonds. The normalized spacial score (nSPS) is 11.5. The highest BCUT2D eigenvalue weighted by molar-refractivity contribution is 5.99. The maximum absolute atomic E-state index is 5.32. The zero-order valence-corrected chi connectivity index (χ0v) is 15.1. The average Bonchev–Trinajstić information content (AvgIpc) is 2.66. The second-order valence-electron chi connectivity index (χ2n) is 5.12. The van der Waals surface area contributed by atoms with Crippen LogP contribution in [0, 0.1) is 0 Å². The molecule has 6 nitrogen and oxygen atoms in total. The van der Waals surface area contributed by atoms with Gasteiger partial charge in [0, 0.05) is 5.56 Å². The summed E-state index contributed by atoms with van der Waals surface area (Å²) in [5, 5.41) is 8.38. The highest BCUT2D eigenvalue weighted by Crippen LogP contribution is 2.37. The van der Waals surface area contributed by atoms with Crippen LogP contribution in [0.25, 0.3) is 0 Å². The third-order valence-electron chi connectivity index (χ3n) is 3.61. The van der Waals surface area contributed by atoms with E-state index in [1.165, 1.54) is 0 Å². The van der Waals surface area contributed by atoms with Gasteiger partial charge in [-0.25, -0.2) is 0 Å². The van der Waals surface area contributed by atoms with Crippen molar-refractivity contribution < 1.29 is 18.9 Å². The minimum absolute atomic E-state index is 0.542. The molecule has 25 heavy (non-hydrogen) atoms. The SMILES string of the molecule is COc1ccc(/C(C)=N\N=C/c2cc(OC)c(OC)c(OC)c2)cc1. The molecular weight excluding hydrogens is 320 g/mol. The number of benzene rings is 2. The zero-order chi connectivity index (χ0) is 18.2. The molecule has 2 rings (SSSR count). The lowest BCUT2D eigenvalue weighted by molar-refractivity contribution is 0.324. The van der Waals surface area contributed by atoms with E-state index in [1.54, 1.807) is 34.7 Å². The van der Waals surface area contributed by atoms with Crippen LogP contribution in [0.4, 0.5) is 0 Å². The van der Waals surface area contributed by atoms with Crippen molar-refractivity contribution in [3.05, 3.63) is 47.5 Å². The first-order valence-electron chi connectivity index (χ1n) is 7.65. The van der Waals surface area contributed by atoms with Gasteiger partial charge in [0.05, 0.1) is 40.4 Å². The second kappa shape index (κ2) is 8.73. The van der Waals surface area contributed by atoms with E-state index in [2.05, 4.69) is 10.2 Å². The van der Waals surface area contributed by atoms with Crippen LogP contribution in [0.3, 0.4) is 0 Å². The van der Waals surface area contributed by atoms with Crippen LogP contribution in [-0.4, -0.2) is 40.4 Å². The molecule has 0 atom stereocenters. The lowest BCUT2D eigenvalue weighted by atomic mass is 10.1. The Morgan fingerprint density at radius 3 is 1.92 bits per heavy atom. The first-order chi connectivity index (χ1) is 12.1. The molecule has 0 heterocycles. The zero-order valence-electron chi connectivity index (χ0n) is 15.1. The Hall–Kier alpha value is -3.02. The van der Waals surface area contributed by atoms with E-state index in [-0.39, 0.29) is 0 Å². The van der Waals surface area contributed by atoms with E-state index in [0.29, 0.717) is 17.2 Å². The van der Waals surface area contributed by atoms with Crippen molar-refractivity contribution in [1.29, 1.82) is 0 Å². The minimum atomic E-state index is 0.542. The average molecular weight is 342 g/mol. The second-order valence-corrected chi connectivity index (χ2v) is 5.12. The Balaban J connectivity index is 2.22. The molecule has 132 valence electrons. The van der Waals surface area contributed by atoms with Crippen LogP contribution in [0.5, 0.6) is 23.0 Å². The lowest BCUT2D eigenvalue weighted by Gasteiger charge is -2.12. The Morgan fingerprint density at radius 2 is 1.44 bits per heavy atom. The molecular formula is C19H22N2O4. The number of hydrogen-bond donors (Lipinski definition) is 0. The summed E-state index contributed by atoms with van der Waals surface area (Å²) in [4.78, 5) is 0.